The number of hydrogen-bond donors (Lipinski definition) is 0. The molecule has 22 heavy (non-hydrogen) atoms. The first-order valence-electron chi connectivity index (χ1n) is 8.76. The van der Waals surface area contributed by atoms with E-state index in [1.807, 2.05) is 33.8 Å². The molecule has 0 aromatic heterocycles. The molecule has 0 heterocycles. The molecular weight excluding hydrogens is 264 g/mol. The van der Waals surface area contributed by atoms with Crippen LogP contribution >= 0.6 is 0 Å². The quantitative estimate of drug-likeness (QED) is 0.483. The van der Waals surface area contributed by atoms with Crippen molar-refractivity contribution in [3.8, 4) is 0 Å². The molecule has 0 saturated heterocycles. The first-order valence-corrected chi connectivity index (χ1v) is 8.76. The first-order chi connectivity index (χ1) is 10.7. The molecule has 1 rings (SSSR count). The van der Waals surface area contributed by atoms with E-state index in [4.69, 9.17) is 0 Å². The third kappa shape index (κ3) is 10.2. The van der Waals surface area contributed by atoms with E-state index >= 15 is 0 Å². The van der Waals surface area contributed by atoms with E-state index in [0.29, 0.717) is 0 Å². The third-order valence-electron chi connectivity index (χ3n) is 3.16. The van der Waals surface area contributed by atoms with Gasteiger partial charge in [0.05, 0.1) is 0 Å². The summed E-state index contributed by atoms with van der Waals surface area (Å²) in [5.41, 5.74) is 5.50. The summed E-state index contributed by atoms with van der Waals surface area (Å²) in [6.45, 7) is 18.3. The number of rotatable bonds is 6. The second kappa shape index (κ2) is 15.8. The fourth-order valence-electron chi connectivity index (χ4n) is 1.86. The molecule has 0 amide bonds. The Morgan fingerprint density at radius 3 is 1.86 bits per heavy atom. The molecule has 0 N–H and O–H groups in total. The molecule has 0 unspecified atom stereocenters. The fraction of sp³-hybridized carbons (Fsp3) is 0.455. The van der Waals surface area contributed by atoms with Crippen LogP contribution in [0.15, 0.2) is 60.2 Å². The molecule has 0 aliphatic heterocycles. The lowest BCUT2D eigenvalue weighted by Gasteiger charge is -2.05. The molecule has 0 fully saturated rings. The van der Waals surface area contributed by atoms with Crippen LogP contribution in [-0.4, -0.2) is 0 Å². The van der Waals surface area contributed by atoms with E-state index in [2.05, 4.69) is 63.8 Å². The monoisotopic (exact) mass is 300 g/mol. The maximum atomic E-state index is 3.80. The minimum atomic E-state index is 0.980. The van der Waals surface area contributed by atoms with Gasteiger partial charge in [0.15, 0.2) is 0 Å². The van der Waals surface area contributed by atoms with Gasteiger partial charge in [-0.2, -0.15) is 0 Å². The molecule has 0 spiro atoms. The molecule has 0 aliphatic carbocycles. The standard InChI is InChI=1S/C18H24.2C2H6/c1-5-8-18(13-15(4)6-2)14-17-11-9-16(7-3)10-12-17;2*1-2/h5,8-13H,1,6-7,14H2,2-4H3;2*1-2H3/b15-13+,18-8+;;. The largest absolute Gasteiger partial charge is 0.0991 e. The van der Waals surface area contributed by atoms with Crippen molar-refractivity contribution < 1.29 is 0 Å². The van der Waals surface area contributed by atoms with Gasteiger partial charge in [-0.25, -0.2) is 0 Å². The van der Waals surface area contributed by atoms with Crippen LogP contribution in [0.3, 0.4) is 0 Å². The summed E-state index contributed by atoms with van der Waals surface area (Å²) >= 11 is 0. The zero-order valence-corrected chi connectivity index (χ0v) is 15.9. The van der Waals surface area contributed by atoms with Crippen LogP contribution in [0.5, 0.6) is 0 Å². The third-order valence-corrected chi connectivity index (χ3v) is 3.16. The van der Waals surface area contributed by atoms with Crippen molar-refractivity contribution in [2.45, 2.75) is 67.7 Å². The minimum Gasteiger partial charge on any atom is -0.0991 e. The van der Waals surface area contributed by atoms with Gasteiger partial charge in [0.25, 0.3) is 0 Å². The van der Waals surface area contributed by atoms with Crippen molar-refractivity contribution in [2.75, 3.05) is 0 Å². The second-order valence-electron chi connectivity index (χ2n) is 4.67. The van der Waals surface area contributed by atoms with Gasteiger partial charge in [-0.3, -0.25) is 0 Å². The van der Waals surface area contributed by atoms with E-state index in [9.17, 15) is 0 Å². The molecule has 0 heteroatoms. The Bertz CT molecular complexity index is 430. The van der Waals surface area contributed by atoms with Gasteiger partial charge in [0.1, 0.15) is 0 Å². The van der Waals surface area contributed by atoms with Crippen LogP contribution in [0.4, 0.5) is 0 Å². The van der Waals surface area contributed by atoms with Gasteiger partial charge in [0.2, 0.25) is 0 Å². The fourth-order valence-corrected chi connectivity index (χ4v) is 1.86. The summed E-state index contributed by atoms with van der Waals surface area (Å²) in [4.78, 5) is 0. The zero-order valence-electron chi connectivity index (χ0n) is 15.9. The molecular formula is C22H36. The van der Waals surface area contributed by atoms with Crippen molar-refractivity contribution in [2.24, 2.45) is 0 Å². The summed E-state index contributed by atoms with van der Waals surface area (Å²) in [7, 11) is 0. The van der Waals surface area contributed by atoms with Crippen LogP contribution in [0.2, 0.25) is 0 Å². The van der Waals surface area contributed by atoms with Gasteiger partial charge < -0.3 is 0 Å². The van der Waals surface area contributed by atoms with Gasteiger partial charge >= 0.3 is 0 Å². The first kappa shape index (κ1) is 22.7. The maximum absolute atomic E-state index is 3.80. The highest BCUT2D eigenvalue weighted by Crippen LogP contribution is 2.14. The van der Waals surface area contributed by atoms with Crippen LogP contribution in [0.25, 0.3) is 0 Å². The summed E-state index contributed by atoms with van der Waals surface area (Å²) < 4.78 is 0. The molecule has 0 aliphatic rings. The van der Waals surface area contributed by atoms with Gasteiger partial charge in [0, 0.05) is 0 Å². The average molecular weight is 301 g/mol. The lowest BCUT2D eigenvalue weighted by atomic mass is 10.0. The molecule has 0 radical (unpaired) electrons. The van der Waals surface area contributed by atoms with Gasteiger partial charge in [-0.1, -0.05) is 96.2 Å². The highest BCUT2D eigenvalue weighted by Gasteiger charge is 1.98. The Balaban J connectivity index is 0. The number of hydrogen-bond acceptors (Lipinski definition) is 0. The number of aryl methyl sites for hydroxylation is 1. The van der Waals surface area contributed by atoms with Crippen LogP contribution in [-0.2, 0) is 12.8 Å². The molecule has 0 saturated carbocycles. The lowest BCUT2D eigenvalue weighted by molar-refractivity contribution is 1.07. The van der Waals surface area contributed by atoms with Gasteiger partial charge in [-0.15, -0.1) is 0 Å². The zero-order chi connectivity index (χ0) is 17.4. The van der Waals surface area contributed by atoms with Crippen LogP contribution < -0.4 is 0 Å². The Hall–Kier alpha value is -1.56. The van der Waals surface area contributed by atoms with Crippen molar-refractivity contribution in [1.82, 2.24) is 0 Å². The molecule has 1 aromatic carbocycles. The van der Waals surface area contributed by atoms with E-state index in [0.717, 1.165) is 19.3 Å². The lowest BCUT2D eigenvalue weighted by Crippen LogP contribution is -1.90. The Kier molecular flexibility index (Phi) is 16.3. The highest BCUT2D eigenvalue weighted by molar-refractivity contribution is 5.33. The van der Waals surface area contributed by atoms with Crippen LogP contribution in [0, 0.1) is 0 Å². The predicted molar refractivity (Wildman–Crippen MR) is 105 cm³/mol. The average Bonchev–Trinajstić information content (AvgIpc) is 2.59. The molecule has 124 valence electrons. The van der Waals surface area contributed by atoms with E-state index in [-0.39, 0.29) is 0 Å². The molecule has 0 bridgehead atoms. The van der Waals surface area contributed by atoms with Crippen molar-refractivity contribution in [1.29, 1.82) is 0 Å². The SMILES string of the molecule is C=C/C=C(\C=C(/C)CC)Cc1ccc(CC)cc1.CC.CC. The smallest absolute Gasteiger partial charge is 0.00258 e. The Morgan fingerprint density at radius 1 is 0.955 bits per heavy atom. The van der Waals surface area contributed by atoms with E-state index in [1.165, 1.54) is 22.3 Å². The Labute approximate surface area is 139 Å². The summed E-state index contributed by atoms with van der Waals surface area (Å²) in [6, 6.07) is 8.89. The van der Waals surface area contributed by atoms with Crippen LogP contribution in [0.1, 0.15) is 66.0 Å². The summed E-state index contributed by atoms with van der Waals surface area (Å²) in [5.74, 6) is 0. The topological polar surface area (TPSA) is 0 Å². The minimum absolute atomic E-state index is 0.980. The van der Waals surface area contributed by atoms with Crippen molar-refractivity contribution in [3.05, 3.63) is 71.3 Å². The molecule has 0 nitrogen and oxygen atoms in total. The van der Waals surface area contributed by atoms with Gasteiger partial charge in [-0.05, 0) is 42.9 Å². The highest BCUT2D eigenvalue weighted by atomic mass is 14.0. The number of allylic oxidation sites excluding steroid dienone is 5. The predicted octanol–water partition coefficient (Wildman–Crippen LogP) is 7.31. The normalized spacial score (nSPS) is 10.9. The van der Waals surface area contributed by atoms with Crippen molar-refractivity contribution >= 4 is 0 Å². The Morgan fingerprint density at radius 2 is 1.45 bits per heavy atom. The molecule has 0 atom stereocenters. The molecule has 1 aromatic rings. The summed E-state index contributed by atoms with van der Waals surface area (Å²) in [5, 5.41) is 0. The summed E-state index contributed by atoms with van der Waals surface area (Å²) in [6.07, 6.45) is 9.43. The van der Waals surface area contributed by atoms with Crippen molar-refractivity contribution in [3.63, 3.8) is 0 Å². The van der Waals surface area contributed by atoms with E-state index < -0.39 is 0 Å². The maximum Gasteiger partial charge on any atom is -0.00258 e. The van der Waals surface area contributed by atoms with E-state index in [1.54, 1.807) is 0 Å². The number of benzene rings is 1. The second-order valence-corrected chi connectivity index (χ2v) is 4.67.